The van der Waals surface area contributed by atoms with Crippen molar-refractivity contribution >= 4 is 28.9 Å². The molecule has 0 heterocycles. The van der Waals surface area contributed by atoms with Crippen LogP contribution in [-0.2, 0) is 0 Å². The van der Waals surface area contributed by atoms with Crippen LogP contribution in [0.4, 0.5) is 5.69 Å². The number of hydrogen-bond donors (Lipinski definition) is 4. The first-order valence-electron chi connectivity index (χ1n) is 4.62. The number of aliphatic hydroxyl groups excluding tert-OH is 1. The molecule has 0 spiro atoms. The lowest BCUT2D eigenvalue weighted by Crippen LogP contribution is -2.43. The van der Waals surface area contributed by atoms with Crippen molar-refractivity contribution in [3.05, 3.63) is 22.2 Å². The first-order chi connectivity index (χ1) is 7.54. The van der Waals surface area contributed by atoms with Gasteiger partial charge in [-0.05, 0) is 12.1 Å². The molecular formula is C9H13Cl2N3O2. The van der Waals surface area contributed by atoms with E-state index in [0.29, 0.717) is 12.2 Å². The normalized spacial score (nSPS) is 12.5. The SMILES string of the molecule is CCNNC(O)Oc1c(Cl)cc(N)cc1Cl. The largest absolute Gasteiger partial charge is 0.447 e. The molecule has 1 rings (SSSR count). The first kappa shape index (κ1) is 13.3. The maximum atomic E-state index is 9.41. The minimum atomic E-state index is -1.25. The lowest BCUT2D eigenvalue weighted by atomic mass is 10.3. The second-order valence-electron chi connectivity index (χ2n) is 2.96. The summed E-state index contributed by atoms with van der Waals surface area (Å²) in [6, 6.07) is 2.98. The van der Waals surface area contributed by atoms with Crippen LogP contribution in [0.3, 0.4) is 0 Å². The summed E-state index contributed by atoms with van der Waals surface area (Å²) in [5, 5.41) is 9.88. The van der Waals surface area contributed by atoms with Gasteiger partial charge in [-0.25, -0.2) is 0 Å². The zero-order chi connectivity index (χ0) is 12.1. The fraction of sp³-hybridized carbons (Fsp3) is 0.333. The minimum absolute atomic E-state index is 0.176. The second-order valence-corrected chi connectivity index (χ2v) is 3.77. The minimum Gasteiger partial charge on any atom is -0.447 e. The molecule has 0 saturated heterocycles. The topological polar surface area (TPSA) is 79.5 Å². The third kappa shape index (κ3) is 3.70. The van der Waals surface area contributed by atoms with E-state index in [9.17, 15) is 5.11 Å². The van der Waals surface area contributed by atoms with Crippen molar-refractivity contribution in [3.63, 3.8) is 0 Å². The van der Waals surface area contributed by atoms with E-state index in [-0.39, 0.29) is 15.8 Å². The Morgan fingerprint density at radius 1 is 1.44 bits per heavy atom. The molecule has 0 radical (unpaired) electrons. The molecule has 0 aliphatic carbocycles. The van der Waals surface area contributed by atoms with Crippen LogP contribution in [0.25, 0.3) is 0 Å². The van der Waals surface area contributed by atoms with Crippen LogP contribution in [0.5, 0.6) is 5.75 Å². The van der Waals surface area contributed by atoms with Gasteiger partial charge in [0.15, 0.2) is 5.75 Å². The van der Waals surface area contributed by atoms with Crippen molar-refractivity contribution < 1.29 is 9.84 Å². The Bertz CT molecular complexity index is 340. The zero-order valence-electron chi connectivity index (χ0n) is 8.63. The summed E-state index contributed by atoms with van der Waals surface area (Å²) in [7, 11) is 0. The summed E-state index contributed by atoms with van der Waals surface area (Å²) < 4.78 is 5.10. The molecule has 1 atom stereocenters. The lowest BCUT2D eigenvalue weighted by molar-refractivity contribution is -0.0538. The Labute approximate surface area is 103 Å². The zero-order valence-corrected chi connectivity index (χ0v) is 10.1. The second kappa shape index (κ2) is 6.12. The quantitative estimate of drug-likeness (QED) is 0.367. The molecule has 0 bridgehead atoms. The molecule has 0 aromatic heterocycles. The predicted molar refractivity (Wildman–Crippen MR) is 64.3 cm³/mol. The Morgan fingerprint density at radius 3 is 2.50 bits per heavy atom. The van der Waals surface area contributed by atoms with Crippen LogP contribution in [-0.4, -0.2) is 18.1 Å². The highest BCUT2D eigenvalue weighted by molar-refractivity contribution is 6.37. The molecule has 90 valence electrons. The molecule has 1 aromatic rings. The molecule has 16 heavy (non-hydrogen) atoms. The molecule has 0 saturated carbocycles. The summed E-state index contributed by atoms with van der Waals surface area (Å²) in [4.78, 5) is 0. The fourth-order valence-corrected chi connectivity index (χ4v) is 1.62. The number of rotatable bonds is 5. The highest BCUT2D eigenvalue weighted by Gasteiger charge is 2.12. The van der Waals surface area contributed by atoms with Gasteiger partial charge in [0.25, 0.3) is 6.41 Å². The average molecular weight is 266 g/mol. The molecule has 0 aliphatic heterocycles. The van der Waals surface area contributed by atoms with Gasteiger partial charge in [0, 0.05) is 12.2 Å². The third-order valence-corrected chi connectivity index (χ3v) is 2.21. The molecule has 5 nitrogen and oxygen atoms in total. The number of anilines is 1. The van der Waals surface area contributed by atoms with Crippen molar-refractivity contribution in [3.8, 4) is 5.75 Å². The van der Waals surface area contributed by atoms with Gasteiger partial charge in [0.05, 0.1) is 10.0 Å². The average Bonchev–Trinajstić information content (AvgIpc) is 2.20. The first-order valence-corrected chi connectivity index (χ1v) is 5.37. The third-order valence-electron chi connectivity index (χ3n) is 1.65. The fourth-order valence-electron chi connectivity index (χ4n) is 1.02. The molecule has 5 N–H and O–H groups in total. The molecule has 0 amide bonds. The van der Waals surface area contributed by atoms with Crippen LogP contribution < -0.4 is 21.3 Å². The van der Waals surface area contributed by atoms with E-state index in [4.69, 9.17) is 33.7 Å². The highest BCUT2D eigenvalue weighted by Crippen LogP contribution is 2.35. The van der Waals surface area contributed by atoms with Gasteiger partial charge < -0.3 is 15.6 Å². The number of benzene rings is 1. The number of aliphatic hydroxyl groups is 1. The summed E-state index contributed by atoms with van der Waals surface area (Å²) in [6.45, 7) is 2.49. The Balaban J connectivity index is 2.73. The van der Waals surface area contributed by atoms with Crippen molar-refractivity contribution in [2.45, 2.75) is 13.3 Å². The van der Waals surface area contributed by atoms with Crippen LogP contribution in [0, 0.1) is 0 Å². The van der Waals surface area contributed by atoms with Gasteiger partial charge in [-0.2, -0.15) is 5.43 Å². The number of halogens is 2. The standard InChI is InChI=1S/C9H13Cl2N3O2/c1-2-13-14-9(15)16-8-6(10)3-5(12)4-7(8)11/h3-4,9,13-15H,2,12H2,1H3. The van der Waals surface area contributed by atoms with Crippen molar-refractivity contribution in [1.82, 2.24) is 10.9 Å². The number of hydrogen-bond acceptors (Lipinski definition) is 5. The van der Waals surface area contributed by atoms with E-state index >= 15 is 0 Å². The van der Waals surface area contributed by atoms with Gasteiger partial charge in [0.1, 0.15) is 0 Å². The van der Waals surface area contributed by atoms with Crippen molar-refractivity contribution in [2.75, 3.05) is 12.3 Å². The number of nitrogens with one attached hydrogen (secondary N) is 2. The maximum Gasteiger partial charge on any atom is 0.269 e. The summed E-state index contributed by atoms with van der Waals surface area (Å²) in [5.41, 5.74) is 11.1. The van der Waals surface area contributed by atoms with E-state index in [2.05, 4.69) is 10.9 Å². The number of nitrogen functional groups attached to an aromatic ring is 1. The Hall–Kier alpha value is -0.720. The van der Waals surface area contributed by atoms with E-state index < -0.39 is 6.41 Å². The lowest BCUT2D eigenvalue weighted by Gasteiger charge is -2.17. The summed E-state index contributed by atoms with van der Waals surface area (Å²) >= 11 is 11.7. The van der Waals surface area contributed by atoms with Crippen LogP contribution in [0.2, 0.25) is 10.0 Å². The Kier molecular flexibility index (Phi) is 5.11. The number of nitrogens with two attached hydrogens (primary N) is 1. The smallest absolute Gasteiger partial charge is 0.269 e. The van der Waals surface area contributed by atoms with Crippen molar-refractivity contribution in [2.24, 2.45) is 0 Å². The molecular weight excluding hydrogens is 253 g/mol. The monoisotopic (exact) mass is 265 g/mol. The number of hydrazine groups is 1. The van der Waals surface area contributed by atoms with Crippen molar-refractivity contribution in [1.29, 1.82) is 0 Å². The van der Waals surface area contributed by atoms with E-state index in [0.717, 1.165) is 0 Å². The summed E-state index contributed by atoms with van der Waals surface area (Å²) in [5.74, 6) is 0.176. The van der Waals surface area contributed by atoms with Crippen LogP contribution in [0.15, 0.2) is 12.1 Å². The van der Waals surface area contributed by atoms with E-state index in [1.54, 1.807) is 0 Å². The van der Waals surface area contributed by atoms with Gasteiger partial charge in [-0.1, -0.05) is 30.1 Å². The van der Waals surface area contributed by atoms with Crippen LogP contribution in [0.1, 0.15) is 6.92 Å². The summed E-state index contributed by atoms with van der Waals surface area (Å²) in [6.07, 6.45) is -1.25. The number of ether oxygens (including phenoxy) is 1. The van der Waals surface area contributed by atoms with Gasteiger partial charge in [0.2, 0.25) is 0 Å². The Morgan fingerprint density at radius 2 is 2.00 bits per heavy atom. The molecule has 7 heteroatoms. The molecule has 0 aliphatic rings. The molecule has 0 fully saturated rings. The molecule has 1 aromatic carbocycles. The van der Waals surface area contributed by atoms with Gasteiger partial charge >= 0.3 is 0 Å². The predicted octanol–water partition coefficient (Wildman–Crippen LogP) is 1.34. The van der Waals surface area contributed by atoms with Gasteiger partial charge in [-0.15, -0.1) is 0 Å². The van der Waals surface area contributed by atoms with Crippen LogP contribution >= 0.6 is 23.2 Å². The van der Waals surface area contributed by atoms with E-state index in [1.807, 2.05) is 6.92 Å². The van der Waals surface area contributed by atoms with E-state index in [1.165, 1.54) is 12.1 Å². The highest BCUT2D eigenvalue weighted by atomic mass is 35.5. The van der Waals surface area contributed by atoms with Gasteiger partial charge in [-0.3, -0.25) is 5.43 Å². The molecule has 1 unspecified atom stereocenters. The maximum absolute atomic E-state index is 9.41.